The highest BCUT2D eigenvalue weighted by molar-refractivity contribution is 8.77. The summed E-state index contributed by atoms with van der Waals surface area (Å²) < 4.78 is 13.2. The van der Waals surface area contributed by atoms with Crippen molar-refractivity contribution in [3.63, 3.8) is 0 Å². The Bertz CT molecular complexity index is 2780. The number of nitrogens with one attached hydrogen (secondary N) is 3. The highest BCUT2D eigenvalue weighted by Crippen LogP contribution is 2.82. The van der Waals surface area contributed by atoms with Crippen LogP contribution in [0.1, 0.15) is 211 Å². The van der Waals surface area contributed by atoms with E-state index < -0.39 is 53.9 Å². The van der Waals surface area contributed by atoms with E-state index in [2.05, 4.69) is 73.7 Å². The van der Waals surface area contributed by atoms with E-state index in [1.807, 2.05) is 0 Å². The SMILES string of the molecule is CC(=O)OC1CC(O)CCC23C#CC4CCCC5(CC(CCN5)Oc5cc(c(C(O)O)cc5O)CC41)C1CCC(CN1)SSCC1(CC45CC(C=CC4CCC54CCCC4)C14CCCC41CCC4(CCCC4)C1)NC(N)=NC2C=CCC3O. The molecule has 9 aliphatic carbocycles. The molecule has 10 N–H and O–H groups in total. The smallest absolute Gasteiger partial charge is 0.302 e. The summed E-state index contributed by atoms with van der Waals surface area (Å²) in [6, 6.07) is 2.68. The first-order valence-corrected chi connectivity index (χ1v) is 35.6. The number of hydrogen-bond acceptors (Lipinski definition) is 15. The maximum Gasteiger partial charge on any atom is 0.302 e. The predicted octanol–water partition coefficient (Wildman–Crippen LogP) is 10.4. The molecule has 6 saturated carbocycles. The van der Waals surface area contributed by atoms with Crippen molar-refractivity contribution in [2.45, 2.75) is 259 Å². The molecule has 1 aromatic carbocycles. The molecular formula is C68H97N5O8S2. The molecule has 15 rings (SSSR count). The summed E-state index contributed by atoms with van der Waals surface area (Å²) in [6.45, 7) is 3.05. The van der Waals surface area contributed by atoms with Gasteiger partial charge in [0.2, 0.25) is 0 Å². The number of phenolic OH excluding ortho intramolecular Hbond substituents is 1. The molecule has 13 nitrogen and oxygen atoms in total. The van der Waals surface area contributed by atoms with Crippen LogP contribution in [0.15, 0.2) is 41.4 Å². The summed E-state index contributed by atoms with van der Waals surface area (Å²) in [5, 5.41) is 72.0. The number of esters is 1. The predicted molar refractivity (Wildman–Crippen MR) is 327 cm³/mol. The lowest BCUT2D eigenvalue weighted by Crippen LogP contribution is -2.75. The topological polar surface area (TPSA) is 211 Å². The Morgan fingerprint density at radius 1 is 0.855 bits per heavy atom. The zero-order valence-electron chi connectivity index (χ0n) is 49.5. The number of phenols is 1. The van der Waals surface area contributed by atoms with E-state index in [4.69, 9.17) is 20.2 Å². The van der Waals surface area contributed by atoms with Crippen LogP contribution >= 0.6 is 21.6 Å². The van der Waals surface area contributed by atoms with Crippen molar-refractivity contribution >= 4 is 33.5 Å². The molecule has 8 spiro atoms. The molecule has 2 saturated heterocycles. The number of guanidine groups is 1. The third kappa shape index (κ3) is 9.52. The Kier molecular flexibility index (Phi) is 15.3. The first-order valence-electron chi connectivity index (χ1n) is 33.2. The molecule has 1 aromatic rings. The number of hydrogen-bond donors (Lipinski definition) is 9. The van der Waals surface area contributed by atoms with Gasteiger partial charge in [-0.05, 0) is 199 Å². The van der Waals surface area contributed by atoms with Gasteiger partial charge in [0.25, 0.3) is 0 Å². The van der Waals surface area contributed by atoms with Gasteiger partial charge in [-0.15, -0.1) is 0 Å². The van der Waals surface area contributed by atoms with E-state index in [0.717, 1.165) is 63.8 Å². The van der Waals surface area contributed by atoms with Gasteiger partial charge in [0.05, 0.1) is 29.2 Å². The number of ether oxygens (including phenoxy) is 2. The maximum atomic E-state index is 13.3. The number of aromatic hydroxyl groups is 1. The molecule has 10 bridgehead atoms. The second-order valence-electron chi connectivity index (χ2n) is 30.0. The zero-order chi connectivity index (χ0) is 57.0. The zero-order valence-corrected chi connectivity index (χ0v) is 51.2. The molecule has 8 fully saturated rings. The molecule has 17 atom stereocenters. The number of nitrogens with two attached hydrogens (primary N) is 1. The fourth-order valence-corrected chi connectivity index (χ4v) is 26.0. The van der Waals surface area contributed by atoms with Gasteiger partial charge in [-0.2, -0.15) is 0 Å². The average molecular weight is 1180 g/mol. The Balaban J connectivity index is 0.946. The number of piperidine rings is 2. The van der Waals surface area contributed by atoms with Crippen LogP contribution in [0.4, 0.5) is 0 Å². The number of carbonyl (C=O) groups excluding carboxylic acids is 1. The second kappa shape index (κ2) is 22.0. The third-order valence-electron chi connectivity index (χ3n) is 26.3. The highest BCUT2D eigenvalue weighted by Gasteiger charge is 2.77. The van der Waals surface area contributed by atoms with E-state index in [-0.39, 0.29) is 75.8 Å². The molecule has 0 amide bonds. The Hall–Kier alpha value is -2.94. The van der Waals surface area contributed by atoms with Crippen molar-refractivity contribution in [3.8, 4) is 23.3 Å². The molecule has 14 aliphatic rings. The molecule has 17 unspecified atom stereocenters. The van der Waals surface area contributed by atoms with Gasteiger partial charge in [-0.1, -0.05) is 96.3 Å². The number of aliphatic hydroxyl groups excluding tert-OH is 3. The highest BCUT2D eigenvalue weighted by atomic mass is 33.1. The van der Waals surface area contributed by atoms with Gasteiger partial charge < -0.3 is 56.7 Å². The number of aliphatic imine (C=N–C) groups is 1. The standard InChI is InChI=1S/C68H97N5O8S2/c1-43(74)80-54-35-48(75)18-29-64-28-16-44-9-7-25-66(38-49(19-32-71-66)81-55-34-45(33-51(44)54)52(59(78)79)36-53(55)76)57-15-14-50(39-70-57)83-82-42-67(73-60(69)72-56(64)10-6-11-58(64)77)41-65-37-47(13-12-46(65)17-27-62(65)22-4-5-23-62)68(67)26-8-24-63(68)31-30-61(40-63)20-2-3-21-61/h6,10,12-13,34,36,44,46-51,54,56-59,70-71,75-79H,2-5,7-9,11,14-15,17-27,29-33,35,37-42H2,1H3,(H3,69,72,73). The number of carbonyl (C=O) groups is 1. The average Bonchev–Trinajstić information content (AvgIpc) is 1.60. The van der Waals surface area contributed by atoms with Crippen LogP contribution in [0.25, 0.3) is 0 Å². The fourth-order valence-electron chi connectivity index (χ4n) is 22.9. The second-order valence-corrected chi connectivity index (χ2v) is 32.6. The molecule has 0 aromatic heterocycles. The van der Waals surface area contributed by atoms with Crippen LogP contribution in [0.3, 0.4) is 0 Å². The van der Waals surface area contributed by atoms with E-state index in [1.165, 1.54) is 122 Å². The summed E-state index contributed by atoms with van der Waals surface area (Å²) in [5.41, 5.74) is 7.88. The number of rotatable bonds is 2. The number of aliphatic hydroxyl groups is 4. The normalized spacial score (nSPS) is 45.1. The molecule has 15 heteroatoms. The minimum Gasteiger partial charge on any atom is -0.504 e. The maximum absolute atomic E-state index is 13.3. The van der Waals surface area contributed by atoms with Gasteiger partial charge in [-0.25, -0.2) is 4.99 Å². The summed E-state index contributed by atoms with van der Waals surface area (Å²) >= 11 is 0. The van der Waals surface area contributed by atoms with Crippen LogP contribution in [0.5, 0.6) is 11.5 Å². The first kappa shape index (κ1) is 57.8. The fraction of sp³-hybridized carbons (Fsp3) is 0.794. The van der Waals surface area contributed by atoms with E-state index in [9.17, 15) is 30.3 Å². The van der Waals surface area contributed by atoms with Crippen LogP contribution in [0, 0.1) is 68.0 Å². The summed E-state index contributed by atoms with van der Waals surface area (Å²) in [5.74, 6) is 8.84. The van der Waals surface area contributed by atoms with Gasteiger partial charge in [0.15, 0.2) is 23.7 Å². The largest absolute Gasteiger partial charge is 0.504 e. The lowest BCUT2D eigenvalue weighted by molar-refractivity contribution is -0.159. The molecular weight excluding hydrogens is 1080 g/mol. The van der Waals surface area contributed by atoms with E-state index >= 15 is 0 Å². The quantitative estimate of drug-likeness (QED) is 0.0444. The number of allylic oxidation sites excluding steroid dienone is 2. The van der Waals surface area contributed by atoms with Crippen LogP contribution in [-0.2, 0) is 16.0 Å². The molecule has 454 valence electrons. The monoisotopic (exact) mass is 1180 g/mol. The van der Waals surface area contributed by atoms with Crippen LogP contribution in [-0.4, -0.2) is 109 Å². The first-order chi connectivity index (χ1) is 40.1. The lowest BCUT2D eigenvalue weighted by Gasteiger charge is -2.70. The Morgan fingerprint density at radius 2 is 1.67 bits per heavy atom. The lowest BCUT2D eigenvalue weighted by atomic mass is 9.37. The van der Waals surface area contributed by atoms with Gasteiger partial charge >= 0.3 is 5.97 Å². The molecule has 5 heterocycles. The third-order valence-corrected chi connectivity index (χ3v) is 29.3. The van der Waals surface area contributed by atoms with Crippen molar-refractivity contribution in [2.24, 2.45) is 66.9 Å². The van der Waals surface area contributed by atoms with Crippen molar-refractivity contribution in [3.05, 3.63) is 47.6 Å². The number of nitrogens with zero attached hydrogens (tertiary/aromatic N) is 1. The summed E-state index contributed by atoms with van der Waals surface area (Å²) in [4.78, 5) is 19.0. The minimum absolute atomic E-state index is 0.0223. The van der Waals surface area contributed by atoms with Crippen molar-refractivity contribution in [1.82, 2.24) is 16.0 Å². The number of benzene rings is 1. The van der Waals surface area contributed by atoms with Crippen LogP contribution in [0.2, 0.25) is 0 Å². The van der Waals surface area contributed by atoms with E-state index in [0.29, 0.717) is 58.7 Å². The summed E-state index contributed by atoms with van der Waals surface area (Å²) in [7, 11) is 4.25. The summed E-state index contributed by atoms with van der Waals surface area (Å²) in [6.07, 6.45) is 35.8. The van der Waals surface area contributed by atoms with E-state index in [1.54, 1.807) is 6.07 Å². The molecule has 5 aliphatic heterocycles. The Morgan fingerprint density at radius 3 is 2.48 bits per heavy atom. The minimum atomic E-state index is -1.91. The van der Waals surface area contributed by atoms with Crippen molar-refractivity contribution in [1.29, 1.82) is 0 Å². The van der Waals surface area contributed by atoms with Gasteiger partial charge in [0, 0.05) is 71.7 Å². The van der Waals surface area contributed by atoms with Crippen molar-refractivity contribution < 1.29 is 39.8 Å². The Labute approximate surface area is 501 Å². The van der Waals surface area contributed by atoms with Gasteiger partial charge in [0.1, 0.15) is 12.2 Å². The number of fused-ring (bicyclic) bond motifs is 11. The van der Waals surface area contributed by atoms with Crippen molar-refractivity contribution in [2.75, 3.05) is 18.8 Å². The molecule has 0 radical (unpaired) electrons. The van der Waals surface area contributed by atoms with Gasteiger partial charge in [-0.3, -0.25) is 4.79 Å². The molecule has 83 heavy (non-hydrogen) atoms. The van der Waals surface area contributed by atoms with Crippen LogP contribution < -0.4 is 26.4 Å².